The Bertz CT molecular complexity index is 398. The van der Waals surface area contributed by atoms with Gasteiger partial charge < -0.3 is 5.11 Å². The van der Waals surface area contributed by atoms with Crippen molar-refractivity contribution in [2.75, 3.05) is 0 Å². The van der Waals surface area contributed by atoms with Crippen LogP contribution in [0, 0.1) is 11.8 Å². The van der Waals surface area contributed by atoms with Crippen molar-refractivity contribution in [3.05, 3.63) is 35.9 Å². The van der Waals surface area contributed by atoms with Gasteiger partial charge in [-0.3, -0.25) is 10.1 Å². The highest BCUT2D eigenvalue weighted by Crippen LogP contribution is 2.41. The average molecular weight is 247 g/mol. The molecule has 18 heavy (non-hydrogen) atoms. The quantitative estimate of drug-likeness (QED) is 0.812. The lowest BCUT2D eigenvalue weighted by Gasteiger charge is -2.26. The van der Waals surface area contributed by atoms with E-state index in [4.69, 9.17) is 0 Å². The molecule has 0 spiro atoms. The van der Waals surface area contributed by atoms with E-state index in [0.29, 0.717) is 5.92 Å². The third-order valence-electron chi connectivity index (χ3n) is 3.54. The van der Waals surface area contributed by atoms with Crippen LogP contribution in [0.4, 0.5) is 0 Å². The van der Waals surface area contributed by atoms with Crippen LogP contribution in [0.15, 0.2) is 30.3 Å². The standard InChI is InChI=1S/C15H21NO2/c1-10(2)13(15(17)18)16-14(12-8-9-12)11-6-4-3-5-7-11/h3-7,10,12-14,16H,8-9H2,1-2H3,(H,17,18). The highest BCUT2D eigenvalue weighted by molar-refractivity contribution is 5.73. The first kappa shape index (κ1) is 13.1. The molecule has 0 aromatic heterocycles. The molecule has 98 valence electrons. The maximum absolute atomic E-state index is 11.3. The Balaban J connectivity index is 2.14. The lowest BCUT2D eigenvalue weighted by atomic mass is 9.97. The Morgan fingerprint density at radius 3 is 2.33 bits per heavy atom. The van der Waals surface area contributed by atoms with Crippen LogP contribution >= 0.6 is 0 Å². The molecule has 1 fully saturated rings. The number of hydrogen-bond acceptors (Lipinski definition) is 2. The van der Waals surface area contributed by atoms with E-state index in [9.17, 15) is 9.90 Å². The van der Waals surface area contributed by atoms with Gasteiger partial charge in [-0.05, 0) is 30.2 Å². The van der Waals surface area contributed by atoms with Crippen LogP contribution in [-0.2, 0) is 4.79 Å². The molecule has 3 nitrogen and oxygen atoms in total. The zero-order chi connectivity index (χ0) is 13.1. The number of carboxylic acids is 1. The average Bonchev–Trinajstić information content (AvgIpc) is 3.14. The Labute approximate surface area is 108 Å². The second-order valence-corrected chi connectivity index (χ2v) is 5.45. The minimum atomic E-state index is -0.758. The molecule has 0 saturated heterocycles. The number of nitrogens with one attached hydrogen (secondary N) is 1. The number of benzene rings is 1. The molecule has 0 aliphatic heterocycles. The molecule has 2 atom stereocenters. The summed E-state index contributed by atoms with van der Waals surface area (Å²) >= 11 is 0. The molecule has 1 aliphatic rings. The predicted octanol–water partition coefficient (Wildman–Crippen LogP) is 2.84. The Morgan fingerprint density at radius 2 is 1.89 bits per heavy atom. The van der Waals surface area contributed by atoms with Gasteiger partial charge in [-0.1, -0.05) is 44.2 Å². The molecule has 0 radical (unpaired) electrons. The first-order valence-electron chi connectivity index (χ1n) is 6.63. The summed E-state index contributed by atoms with van der Waals surface area (Å²) < 4.78 is 0. The SMILES string of the molecule is CC(C)C(NC(c1ccccc1)C1CC1)C(=O)O. The minimum absolute atomic E-state index is 0.0902. The molecule has 0 amide bonds. The van der Waals surface area contributed by atoms with Crippen molar-refractivity contribution >= 4 is 5.97 Å². The number of hydrogen-bond donors (Lipinski definition) is 2. The van der Waals surface area contributed by atoms with Gasteiger partial charge in [0.15, 0.2) is 0 Å². The molecular formula is C15H21NO2. The second kappa shape index (κ2) is 5.53. The fourth-order valence-corrected chi connectivity index (χ4v) is 2.34. The maximum Gasteiger partial charge on any atom is 0.320 e. The van der Waals surface area contributed by atoms with E-state index in [1.54, 1.807) is 0 Å². The van der Waals surface area contributed by atoms with Crippen molar-refractivity contribution in [3.8, 4) is 0 Å². The summed E-state index contributed by atoms with van der Waals surface area (Å²) in [5, 5.41) is 12.6. The molecule has 0 bridgehead atoms. The summed E-state index contributed by atoms with van der Waals surface area (Å²) in [4.78, 5) is 11.3. The summed E-state index contributed by atoms with van der Waals surface area (Å²) in [5.41, 5.74) is 1.20. The van der Waals surface area contributed by atoms with Crippen molar-refractivity contribution in [1.82, 2.24) is 5.32 Å². The first-order chi connectivity index (χ1) is 8.59. The Morgan fingerprint density at radius 1 is 1.28 bits per heavy atom. The first-order valence-corrected chi connectivity index (χ1v) is 6.63. The van der Waals surface area contributed by atoms with E-state index in [2.05, 4.69) is 17.4 Å². The van der Waals surface area contributed by atoms with Gasteiger partial charge in [0.2, 0.25) is 0 Å². The van der Waals surface area contributed by atoms with Gasteiger partial charge >= 0.3 is 5.97 Å². The summed E-state index contributed by atoms with van der Waals surface area (Å²) in [6.45, 7) is 3.89. The van der Waals surface area contributed by atoms with Gasteiger partial charge in [-0.2, -0.15) is 0 Å². The molecule has 3 heteroatoms. The third-order valence-corrected chi connectivity index (χ3v) is 3.54. The van der Waals surface area contributed by atoms with Gasteiger partial charge in [-0.25, -0.2) is 0 Å². The molecule has 2 rings (SSSR count). The van der Waals surface area contributed by atoms with Crippen LogP contribution in [0.2, 0.25) is 0 Å². The molecule has 2 unspecified atom stereocenters. The monoisotopic (exact) mass is 247 g/mol. The molecule has 1 aromatic carbocycles. The van der Waals surface area contributed by atoms with Crippen molar-refractivity contribution < 1.29 is 9.90 Å². The van der Waals surface area contributed by atoms with Crippen LogP contribution in [-0.4, -0.2) is 17.1 Å². The number of rotatable bonds is 6. The topological polar surface area (TPSA) is 49.3 Å². The van der Waals surface area contributed by atoms with Crippen molar-refractivity contribution in [3.63, 3.8) is 0 Å². The number of aliphatic carboxylic acids is 1. The minimum Gasteiger partial charge on any atom is -0.480 e. The Hall–Kier alpha value is -1.35. The molecule has 1 aromatic rings. The third kappa shape index (κ3) is 3.10. The lowest BCUT2D eigenvalue weighted by Crippen LogP contribution is -2.43. The van der Waals surface area contributed by atoms with Crippen molar-refractivity contribution in [2.24, 2.45) is 11.8 Å². The fourth-order valence-electron chi connectivity index (χ4n) is 2.34. The fraction of sp³-hybridized carbons (Fsp3) is 0.533. The van der Waals surface area contributed by atoms with Crippen molar-refractivity contribution in [1.29, 1.82) is 0 Å². The van der Waals surface area contributed by atoms with Crippen molar-refractivity contribution in [2.45, 2.75) is 38.8 Å². The van der Waals surface area contributed by atoms with E-state index in [-0.39, 0.29) is 12.0 Å². The number of carboxylic acid groups (broad SMARTS) is 1. The zero-order valence-electron chi connectivity index (χ0n) is 11.0. The summed E-state index contributed by atoms with van der Waals surface area (Å²) in [5.74, 6) is -0.0768. The van der Waals surface area contributed by atoms with Crippen LogP contribution in [0.1, 0.15) is 38.3 Å². The van der Waals surface area contributed by atoms with E-state index in [1.807, 2.05) is 32.0 Å². The number of carbonyl (C=O) groups is 1. The molecule has 0 heterocycles. The zero-order valence-corrected chi connectivity index (χ0v) is 11.0. The van der Waals surface area contributed by atoms with Gasteiger partial charge in [0.1, 0.15) is 6.04 Å². The van der Waals surface area contributed by atoms with Crippen LogP contribution in [0.3, 0.4) is 0 Å². The lowest BCUT2D eigenvalue weighted by molar-refractivity contribution is -0.141. The highest BCUT2D eigenvalue weighted by atomic mass is 16.4. The molecular weight excluding hydrogens is 226 g/mol. The molecule has 1 saturated carbocycles. The predicted molar refractivity (Wildman–Crippen MR) is 71.3 cm³/mol. The second-order valence-electron chi connectivity index (χ2n) is 5.45. The molecule has 1 aliphatic carbocycles. The van der Waals surface area contributed by atoms with Gasteiger partial charge in [0.25, 0.3) is 0 Å². The Kier molecular flexibility index (Phi) is 4.02. The van der Waals surface area contributed by atoms with Gasteiger partial charge in [-0.15, -0.1) is 0 Å². The van der Waals surface area contributed by atoms with Crippen LogP contribution < -0.4 is 5.32 Å². The van der Waals surface area contributed by atoms with E-state index in [1.165, 1.54) is 18.4 Å². The van der Waals surface area contributed by atoms with Crippen LogP contribution in [0.5, 0.6) is 0 Å². The van der Waals surface area contributed by atoms with E-state index >= 15 is 0 Å². The largest absolute Gasteiger partial charge is 0.480 e. The smallest absolute Gasteiger partial charge is 0.320 e. The summed E-state index contributed by atoms with van der Waals surface area (Å²) in [6, 6.07) is 9.87. The van der Waals surface area contributed by atoms with E-state index in [0.717, 1.165) is 0 Å². The van der Waals surface area contributed by atoms with E-state index < -0.39 is 12.0 Å². The normalized spacial score (nSPS) is 18.6. The summed E-state index contributed by atoms with van der Waals surface area (Å²) in [7, 11) is 0. The van der Waals surface area contributed by atoms with Gasteiger partial charge in [0, 0.05) is 6.04 Å². The maximum atomic E-state index is 11.3. The summed E-state index contributed by atoms with van der Waals surface area (Å²) in [6.07, 6.45) is 2.38. The highest BCUT2D eigenvalue weighted by Gasteiger charge is 2.35. The van der Waals surface area contributed by atoms with Crippen LogP contribution in [0.25, 0.3) is 0 Å². The van der Waals surface area contributed by atoms with Gasteiger partial charge in [0.05, 0.1) is 0 Å². The molecule has 2 N–H and O–H groups in total.